The lowest BCUT2D eigenvalue weighted by molar-refractivity contribution is -0.116. The molecule has 4 nitrogen and oxygen atoms in total. The second-order valence-electron chi connectivity index (χ2n) is 7.52. The molecule has 0 N–H and O–H groups in total. The Morgan fingerprint density at radius 3 is 2.71 bits per heavy atom. The van der Waals surface area contributed by atoms with Crippen molar-refractivity contribution in [3.8, 4) is 5.75 Å². The number of hydrogen-bond acceptors (Lipinski definition) is 4. The average Bonchev–Trinajstić information content (AvgIpc) is 3.45. The molecule has 4 rings (SSSR count). The van der Waals surface area contributed by atoms with E-state index in [0.717, 1.165) is 57.2 Å². The van der Waals surface area contributed by atoms with Crippen molar-refractivity contribution in [3.05, 3.63) is 29.8 Å². The fraction of sp³-hybridized carbons (Fsp3) is 0.700. The topological polar surface area (TPSA) is 30.9 Å². The van der Waals surface area contributed by atoms with Crippen LogP contribution in [0.2, 0.25) is 0 Å². The molecule has 4 heteroatoms. The molecule has 24 heavy (non-hydrogen) atoms. The summed E-state index contributed by atoms with van der Waals surface area (Å²) in [6.45, 7) is 3.73. The van der Waals surface area contributed by atoms with Gasteiger partial charge in [-0.15, -0.1) is 0 Å². The average molecular weight is 331 g/mol. The minimum absolute atomic E-state index is 0.381. The lowest BCUT2D eigenvalue weighted by Gasteiger charge is -2.45. The van der Waals surface area contributed by atoms with Crippen LogP contribution in [-0.2, 0) is 16.0 Å². The fourth-order valence-corrected chi connectivity index (χ4v) is 3.98. The number of benzene rings is 1. The van der Waals surface area contributed by atoms with Gasteiger partial charge in [0.2, 0.25) is 0 Å². The Labute approximate surface area is 145 Å². The van der Waals surface area contributed by atoms with E-state index in [1.165, 1.54) is 18.4 Å². The molecule has 0 spiro atoms. The van der Waals surface area contributed by atoms with Gasteiger partial charge in [0.05, 0.1) is 25.4 Å². The van der Waals surface area contributed by atoms with Crippen LogP contribution in [0.1, 0.15) is 37.7 Å². The van der Waals surface area contributed by atoms with E-state index in [9.17, 15) is 0 Å². The summed E-state index contributed by atoms with van der Waals surface area (Å²) in [5.41, 5.74) is 1.36. The normalized spacial score (nSPS) is 30.8. The molecule has 1 heterocycles. The van der Waals surface area contributed by atoms with Crippen LogP contribution < -0.4 is 4.74 Å². The molecule has 0 aromatic heterocycles. The van der Waals surface area contributed by atoms with Gasteiger partial charge in [-0.25, -0.2) is 0 Å². The number of rotatable bonds is 6. The Kier molecular flexibility index (Phi) is 5.06. The van der Waals surface area contributed by atoms with Crippen molar-refractivity contribution in [2.75, 3.05) is 26.9 Å². The van der Waals surface area contributed by atoms with E-state index in [1.54, 1.807) is 0 Å². The molecule has 0 radical (unpaired) electrons. The Balaban J connectivity index is 1.35. The zero-order valence-electron chi connectivity index (χ0n) is 14.7. The Hall–Kier alpha value is -1.10. The third-order valence-corrected chi connectivity index (χ3v) is 5.71. The van der Waals surface area contributed by atoms with Crippen molar-refractivity contribution in [1.29, 1.82) is 0 Å². The summed E-state index contributed by atoms with van der Waals surface area (Å²) in [6, 6.07) is 9.15. The summed E-state index contributed by atoms with van der Waals surface area (Å²) in [7, 11) is 1.83. The van der Waals surface area contributed by atoms with E-state index >= 15 is 0 Å². The molecule has 3 aliphatic rings. The zero-order chi connectivity index (χ0) is 16.4. The molecule has 1 saturated heterocycles. The van der Waals surface area contributed by atoms with Crippen LogP contribution in [0.5, 0.6) is 5.75 Å². The van der Waals surface area contributed by atoms with Crippen LogP contribution in [0.15, 0.2) is 24.3 Å². The van der Waals surface area contributed by atoms with Crippen LogP contribution >= 0.6 is 0 Å². The summed E-state index contributed by atoms with van der Waals surface area (Å²) in [4.78, 5) is 2.58. The summed E-state index contributed by atoms with van der Waals surface area (Å²) >= 11 is 0. The van der Waals surface area contributed by atoms with E-state index < -0.39 is 0 Å². The van der Waals surface area contributed by atoms with Crippen molar-refractivity contribution >= 4 is 0 Å². The lowest BCUT2D eigenvalue weighted by Crippen LogP contribution is -2.54. The maximum atomic E-state index is 6.00. The first-order valence-electron chi connectivity index (χ1n) is 9.42. The zero-order valence-corrected chi connectivity index (χ0v) is 14.7. The third-order valence-electron chi connectivity index (χ3n) is 5.71. The monoisotopic (exact) mass is 331 g/mol. The first kappa shape index (κ1) is 16.4. The second kappa shape index (κ2) is 7.42. The van der Waals surface area contributed by atoms with Gasteiger partial charge in [-0.1, -0.05) is 12.1 Å². The molecule has 2 saturated carbocycles. The minimum Gasteiger partial charge on any atom is -0.493 e. The predicted octanol–water partition coefficient (Wildman–Crippen LogP) is 3.24. The largest absolute Gasteiger partial charge is 0.493 e. The lowest BCUT2D eigenvalue weighted by atomic mass is 9.87. The number of methoxy groups -OCH3 is 1. The number of hydrogen-bond donors (Lipinski definition) is 0. The highest BCUT2D eigenvalue weighted by atomic mass is 16.5. The van der Waals surface area contributed by atoms with Crippen molar-refractivity contribution in [1.82, 2.24) is 4.90 Å². The molecule has 1 aromatic rings. The maximum absolute atomic E-state index is 6.00. The molecule has 132 valence electrons. The van der Waals surface area contributed by atoms with Gasteiger partial charge < -0.3 is 14.2 Å². The van der Waals surface area contributed by atoms with E-state index in [1.807, 2.05) is 7.11 Å². The summed E-state index contributed by atoms with van der Waals surface area (Å²) in [5.74, 6) is 1.80. The molecular weight excluding hydrogens is 302 g/mol. The summed E-state index contributed by atoms with van der Waals surface area (Å²) in [5, 5.41) is 0. The van der Waals surface area contributed by atoms with E-state index in [2.05, 4.69) is 29.2 Å². The van der Waals surface area contributed by atoms with Crippen molar-refractivity contribution < 1.29 is 14.2 Å². The van der Waals surface area contributed by atoms with E-state index in [4.69, 9.17) is 14.2 Å². The molecule has 1 aliphatic heterocycles. The fourth-order valence-electron chi connectivity index (χ4n) is 3.98. The maximum Gasteiger partial charge on any atom is 0.119 e. The van der Waals surface area contributed by atoms with Crippen LogP contribution in [0, 0.1) is 5.92 Å². The van der Waals surface area contributed by atoms with Gasteiger partial charge >= 0.3 is 0 Å². The Bertz CT molecular complexity index is 528. The first-order valence-corrected chi connectivity index (χ1v) is 9.42. The predicted molar refractivity (Wildman–Crippen MR) is 93.2 cm³/mol. The van der Waals surface area contributed by atoms with Gasteiger partial charge in [-0.3, -0.25) is 4.90 Å². The highest BCUT2D eigenvalue weighted by Gasteiger charge is 2.37. The molecule has 1 aromatic carbocycles. The number of nitrogens with zero attached hydrogens (tertiary/aromatic N) is 1. The molecule has 0 unspecified atom stereocenters. The molecule has 3 atom stereocenters. The number of ether oxygens (including phenoxy) is 3. The quantitative estimate of drug-likeness (QED) is 0.801. The van der Waals surface area contributed by atoms with Gasteiger partial charge in [0.1, 0.15) is 5.75 Å². The Morgan fingerprint density at radius 2 is 1.96 bits per heavy atom. The van der Waals surface area contributed by atoms with Crippen molar-refractivity contribution in [2.24, 2.45) is 5.92 Å². The van der Waals surface area contributed by atoms with E-state index in [0.29, 0.717) is 18.2 Å². The molecule has 0 amide bonds. The SMILES string of the molecule is CO[C@@H]1CC[C@@H]2OCCN(Cc3ccc(OCC4CC4)cc3)[C@@H]2C1. The number of morpholine rings is 1. The highest BCUT2D eigenvalue weighted by Crippen LogP contribution is 2.32. The van der Waals surface area contributed by atoms with Crippen LogP contribution in [0.3, 0.4) is 0 Å². The van der Waals surface area contributed by atoms with Crippen molar-refractivity contribution in [2.45, 2.75) is 56.9 Å². The van der Waals surface area contributed by atoms with Gasteiger partial charge in [0, 0.05) is 26.2 Å². The molecule has 0 bridgehead atoms. The summed E-state index contributed by atoms with van der Waals surface area (Å²) in [6.07, 6.45) is 6.76. The molecule has 3 fully saturated rings. The number of fused-ring (bicyclic) bond motifs is 1. The van der Waals surface area contributed by atoms with Gasteiger partial charge in [-0.05, 0) is 55.7 Å². The third kappa shape index (κ3) is 3.93. The van der Waals surface area contributed by atoms with E-state index in [-0.39, 0.29) is 0 Å². The first-order chi connectivity index (χ1) is 11.8. The van der Waals surface area contributed by atoms with Crippen LogP contribution in [0.4, 0.5) is 0 Å². The molecular formula is C20H29NO3. The standard InChI is InChI=1S/C20H29NO3/c1-22-18-8-9-20-19(12-18)21(10-11-23-20)13-15-4-6-17(7-5-15)24-14-16-2-3-16/h4-7,16,18-20H,2-3,8-14H2,1H3/t18-,19-,20+/m1/s1. The second-order valence-corrected chi connectivity index (χ2v) is 7.52. The van der Waals surface area contributed by atoms with Gasteiger partial charge in [0.15, 0.2) is 0 Å². The van der Waals surface area contributed by atoms with Gasteiger partial charge in [0.25, 0.3) is 0 Å². The highest BCUT2D eigenvalue weighted by molar-refractivity contribution is 5.27. The summed E-state index contributed by atoms with van der Waals surface area (Å²) < 4.78 is 17.5. The van der Waals surface area contributed by atoms with Crippen LogP contribution in [0.25, 0.3) is 0 Å². The Morgan fingerprint density at radius 1 is 1.12 bits per heavy atom. The van der Waals surface area contributed by atoms with Crippen LogP contribution in [-0.4, -0.2) is 50.0 Å². The van der Waals surface area contributed by atoms with Gasteiger partial charge in [-0.2, -0.15) is 0 Å². The minimum atomic E-state index is 0.381. The van der Waals surface area contributed by atoms with Crippen molar-refractivity contribution in [3.63, 3.8) is 0 Å². The smallest absolute Gasteiger partial charge is 0.119 e. The molecule has 2 aliphatic carbocycles.